The number of benzene rings is 2. The summed E-state index contributed by atoms with van der Waals surface area (Å²) in [5.74, 6) is -0.743. The molecule has 2 atom stereocenters. The molecule has 0 amide bonds. The summed E-state index contributed by atoms with van der Waals surface area (Å²) in [6.45, 7) is 1.87. The van der Waals surface area contributed by atoms with E-state index in [2.05, 4.69) is 0 Å². The van der Waals surface area contributed by atoms with E-state index in [1.54, 1.807) is 6.07 Å². The molecule has 0 radical (unpaired) electrons. The Morgan fingerprint density at radius 3 is 2.69 bits per heavy atom. The van der Waals surface area contributed by atoms with E-state index in [-0.39, 0.29) is 22.3 Å². The van der Waals surface area contributed by atoms with Crippen LogP contribution in [0.2, 0.25) is 0 Å². The van der Waals surface area contributed by atoms with Crippen LogP contribution in [-0.2, 0) is 26.0 Å². The van der Waals surface area contributed by atoms with E-state index in [1.807, 2.05) is 25.1 Å². The minimum atomic E-state index is -3.84. The predicted molar refractivity (Wildman–Crippen MR) is 108 cm³/mol. The van der Waals surface area contributed by atoms with Crippen LogP contribution < -0.4 is 4.31 Å². The monoisotopic (exact) mass is 413 g/mol. The van der Waals surface area contributed by atoms with Crippen LogP contribution in [0.25, 0.3) is 0 Å². The molecule has 4 rings (SSSR count). The molecule has 1 saturated carbocycles. The van der Waals surface area contributed by atoms with Crippen molar-refractivity contribution in [2.75, 3.05) is 4.31 Å². The van der Waals surface area contributed by atoms with E-state index in [4.69, 9.17) is 4.74 Å². The van der Waals surface area contributed by atoms with Crippen LogP contribution in [0.15, 0.2) is 53.4 Å². The van der Waals surface area contributed by atoms with Crippen molar-refractivity contribution in [2.24, 2.45) is 0 Å². The van der Waals surface area contributed by atoms with Crippen LogP contribution >= 0.6 is 0 Å². The molecule has 0 bridgehead atoms. The van der Waals surface area contributed by atoms with Gasteiger partial charge >= 0.3 is 5.97 Å². The van der Waals surface area contributed by atoms with Gasteiger partial charge in [-0.05, 0) is 62.4 Å². The maximum Gasteiger partial charge on any atom is 0.338 e. The molecule has 29 heavy (non-hydrogen) atoms. The highest BCUT2D eigenvalue weighted by molar-refractivity contribution is 7.92. The fourth-order valence-corrected chi connectivity index (χ4v) is 5.81. The Bertz CT molecular complexity index is 1060. The quantitative estimate of drug-likeness (QED) is 0.717. The van der Waals surface area contributed by atoms with Gasteiger partial charge in [-0.1, -0.05) is 24.3 Å². The molecule has 1 heterocycles. The number of carbonyl (C=O) groups excluding carboxylic acids is 2. The van der Waals surface area contributed by atoms with Gasteiger partial charge in [0.05, 0.1) is 16.1 Å². The maximum atomic E-state index is 13.3. The van der Waals surface area contributed by atoms with E-state index >= 15 is 0 Å². The number of hydrogen-bond acceptors (Lipinski definition) is 5. The van der Waals surface area contributed by atoms with Gasteiger partial charge in [0.1, 0.15) is 0 Å². The SMILES string of the molecule is C[C@@H]1Cc2ccccc2N1S(=O)(=O)c1cccc(C(=O)O[C@H]2CCCCC2=O)c1. The Balaban J connectivity index is 1.61. The summed E-state index contributed by atoms with van der Waals surface area (Å²) in [4.78, 5) is 24.5. The fourth-order valence-electron chi connectivity index (χ4n) is 4.07. The van der Waals surface area contributed by atoms with Crippen molar-refractivity contribution in [1.82, 2.24) is 0 Å². The van der Waals surface area contributed by atoms with Crippen molar-refractivity contribution in [3.63, 3.8) is 0 Å². The van der Waals surface area contributed by atoms with E-state index in [0.717, 1.165) is 18.4 Å². The summed E-state index contributed by atoms with van der Waals surface area (Å²) < 4.78 is 33.5. The Labute approximate surface area is 170 Å². The number of ether oxygens (including phenoxy) is 1. The zero-order valence-corrected chi connectivity index (χ0v) is 17.0. The van der Waals surface area contributed by atoms with E-state index in [0.29, 0.717) is 24.9 Å². The molecule has 0 spiro atoms. The summed E-state index contributed by atoms with van der Waals surface area (Å²) in [7, 11) is -3.84. The summed E-state index contributed by atoms with van der Waals surface area (Å²) in [5.41, 5.74) is 1.78. The Kier molecular flexibility index (Phi) is 5.17. The average molecular weight is 413 g/mol. The lowest BCUT2D eigenvalue weighted by Gasteiger charge is -2.25. The topological polar surface area (TPSA) is 80.8 Å². The maximum absolute atomic E-state index is 13.3. The number of fused-ring (bicyclic) bond motifs is 1. The molecule has 0 N–H and O–H groups in total. The van der Waals surface area contributed by atoms with Crippen molar-refractivity contribution in [2.45, 2.75) is 56.1 Å². The van der Waals surface area contributed by atoms with Gasteiger partial charge in [0, 0.05) is 12.5 Å². The molecule has 1 fully saturated rings. The lowest BCUT2D eigenvalue weighted by Crippen LogP contribution is -2.35. The number of anilines is 1. The second-order valence-corrected chi connectivity index (χ2v) is 9.43. The number of esters is 1. The third kappa shape index (κ3) is 3.67. The Morgan fingerprint density at radius 2 is 1.90 bits per heavy atom. The highest BCUT2D eigenvalue weighted by Crippen LogP contribution is 2.36. The Morgan fingerprint density at radius 1 is 1.10 bits per heavy atom. The highest BCUT2D eigenvalue weighted by Gasteiger charge is 2.36. The lowest BCUT2D eigenvalue weighted by molar-refractivity contribution is -0.129. The molecule has 0 saturated heterocycles. The van der Waals surface area contributed by atoms with Crippen molar-refractivity contribution in [3.05, 3.63) is 59.7 Å². The number of rotatable bonds is 4. The number of nitrogens with zero attached hydrogens (tertiary/aromatic N) is 1. The first kappa shape index (κ1) is 19.6. The minimum Gasteiger partial charge on any atom is -0.451 e. The molecule has 2 aliphatic rings. The molecule has 6 nitrogen and oxygen atoms in total. The first-order valence-corrected chi connectivity index (χ1v) is 11.3. The molecular formula is C22H23NO5S. The fraction of sp³-hybridized carbons (Fsp3) is 0.364. The van der Waals surface area contributed by atoms with Crippen molar-refractivity contribution in [3.8, 4) is 0 Å². The van der Waals surface area contributed by atoms with Crippen molar-refractivity contribution in [1.29, 1.82) is 0 Å². The third-order valence-corrected chi connectivity index (χ3v) is 7.44. The molecule has 0 aromatic heterocycles. The van der Waals surface area contributed by atoms with E-state index < -0.39 is 22.1 Å². The average Bonchev–Trinajstić information content (AvgIpc) is 3.06. The number of Topliss-reactive ketones (excluding diaryl/α,β-unsaturated/α-hetero) is 1. The smallest absolute Gasteiger partial charge is 0.338 e. The Hall–Kier alpha value is -2.67. The summed E-state index contributed by atoms with van der Waals surface area (Å²) in [5, 5.41) is 0. The van der Waals surface area contributed by atoms with Crippen LogP contribution in [0, 0.1) is 0 Å². The first-order chi connectivity index (χ1) is 13.9. The normalized spacial score (nSPS) is 21.7. The molecule has 2 aromatic rings. The predicted octanol–water partition coefficient (Wildman–Crippen LogP) is 3.50. The number of carbonyl (C=O) groups is 2. The summed E-state index contributed by atoms with van der Waals surface area (Å²) in [6.07, 6.45) is 2.49. The molecule has 0 unspecified atom stereocenters. The number of hydrogen-bond donors (Lipinski definition) is 0. The number of sulfonamides is 1. The lowest BCUT2D eigenvalue weighted by atomic mass is 9.96. The largest absolute Gasteiger partial charge is 0.451 e. The van der Waals surface area contributed by atoms with Crippen LogP contribution in [0.5, 0.6) is 0 Å². The van der Waals surface area contributed by atoms with Gasteiger partial charge in [-0.2, -0.15) is 0 Å². The van der Waals surface area contributed by atoms with Gasteiger partial charge in [0.15, 0.2) is 11.9 Å². The zero-order valence-electron chi connectivity index (χ0n) is 16.2. The van der Waals surface area contributed by atoms with Crippen LogP contribution in [-0.4, -0.2) is 32.3 Å². The second-order valence-electron chi connectivity index (χ2n) is 7.62. The molecule has 2 aromatic carbocycles. The van der Waals surface area contributed by atoms with Crippen LogP contribution in [0.4, 0.5) is 5.69 Å². The van der Waals surface area contributed by atoms with Gasteiger partial charge in [-0.25, -0.2) is 13.2 Å². The number of ketones is 1. The standard InChI is InChI=1S/C22H23NO5S/c1-15-13-16-7-2-3-10-19(16)23(15)29(26,27)18-9-6-8-17(14-18)22(25)28-21-12-5-4-11-20(21)24/h2-3,6-10,14-15,21H,4-5,11-13H2,1H3/t15-,21+/m1/s1. The van der Waals surface area contributed by atoms with Crippen LogP contribution in [0.3, 0.4) is 0 Å². The van der Waals surface area contributed by atoms with Gasteiger partial charge in [-0.3, -0.25) is 9.10 Å². The van der Waals surface area contributed by atoms with Gasteiger partial charge in [0.2, 0.25) is 0 Å². The zero-order chi connectivity index (χ0) is 20.6. The molecule has 7 heteroatoms. The first-order valence-electron chi connectivity index (χ1n) is 9.84. The van der Waals surface area contributed by atoms with E-state index in [1.165, 1.54) is 28.6 Å². The minimum absolute atomic E-state index is 0.0328. The molecule has 152 valence electrons. The summed E-state index contributed by atoms with van der Waals surface area (Å²) in [6, 6.07) is 13.1. The second kappa shape index (κ2) is 7.63. The van der Waals surface area contributed by atoms with Gasteiger partial charge in [0.25, 0.3) is 10.0 Å². The summed E-state index contributed by atoms with van der Waals surface area (Å²) >= 11 is 0. The van der Waals surface area contributed by atoms with E-state index in [9.17, 15) is 18.0 Å². The van der Waals surface area contributed by atoms with Gasteiger partial charge < -0.3 is 4.74 Å². The van der Waals surface area contributed by atoms with Crippen LogP contribution in [0.1, 0.15) is 48.5 Å². The molecular weight excluding hydrogens is 390 g/mol. The molecule has 1 aliphatic heterocycles. The highest BCUT2D eigenvalue weighted by atomic mass is 32.2. The number of para-hydroxylation sites is 1. The third-order valence-electron chi connectivity index (χ3n) is 5.52. The molecule has 1 aliphatic carbocycles. The van der Waals surface area contributed by atoms with Gasteiger partial charge in [-0.15, -0.1) is 0 Å². The van der Waals surface area contributed by atoms with Crippen molar-refractivity contribution >= 4 is 27.5 Å². The van der Waals surface area contributed by atoms with Crippen molar-refractivity contribution < 1.29 is 22.7 Å².